The molecule has 0 spiro atoms. The van der Waals surface area contributed by atoms with Gasteiger partial charge in [0.05, 0.1) is 7.11 Å². The molecule has 2 aliphatic rings. The molecule has 2 amide bonds. The molecule has 2 heterocycles. The first-order chi connectivity index (χ1) is 16.5. The Morgan fingerprint density at radius 1 is 1.09 bits per heavy atom. The summed E-state index contributed by atoms with van der Waals surface area (Å²) >= 11 is 6.30. The molecule has 2 saturated heterocycles. The summed E-state index contributed by atoms with van der Waals surface area (Å²) < 4.78 is 5.67. The fourth-order valence-corrected chi connectivity index (χ4v) is 5.38. The molecule has 2 aromatic carbocycles. The maximum atomic E-state index is 13.0. The van der Waals surface area contributed by atoms with Crippen LogP contribution >= 0.6 is 11.6 Å². The molecule has 34 heavy (non-hydrogen) atoms. The molecule has 2 aliphatic heterocycles. The highest BCUT2D eigenvalue weighted by Gasteiger charge is 2.25. The molecule has 2 aromatic rings. The number of amides is 2. The van der Waals surface area contributed by atoms with Crippen molar-refractivity contribution in [2.45, 2.75) is 39.0 Å². The predicted molar refractivity (Wildman–Crippen MR) is 141 cm³/mol. The van der Waals surface area contributed by atoms with Crippen LogP contribution < -0.4 is 15.0 Å². The molecular formula is C27H37ClN4O2. The zero-order chi connectivity index (χ0) is 24.1. The number of hydrogen-bond acceptors (Lipinski definition) is 4. The lowest BCUT2D eigenvalue weighted by Gasteiger charge is -2.37. The van der Waals surface area contributed by atoms with Crippen LogP contribution in [0.1, 0.15) is 43.2 Å². The second-order valence-electron chi connectivity index (χ2n) is 9.36. The van der Waals surface area contributed by atoms with Crippen LogP contribution in [-0.4, -0.2) is 68.8 Å². The number of carbonyl (C=O) groups is 1. The van der Waals surface area contributed by atoms with Gasteiger partial charge in [-0.2, -0.15) is 0 Å². The summed E-state index contributed by atoms with van der Waals surface area (Å²) in [7, 11) is 1.73. The number of rotatable bonds is 6. The summed E-state index contributed by atoms with van der Waals surface area (Å²) in [5, 5.41) is 3.91. The Balaban J connectivity index is 1.37. The number of piperidine rings is 1. The Hall–Kier alpha value is -2.44. The molecular weight excluding hydrogens is 448 g/mol. The van der Waals surface area contributed by atoms with E-state index in [1.807, 2.05) is 36.1 Å². The standard InChI is InChI=1S/C27H37ClN4O2/c1-4-12-30-13-10-21(11-14-30)23-19-22(8-9-26(23)34-3)29-27(33)32-17-15-31(16-18-32)25-7-5-6-24(28)20(25)2/h5-9,19,21H,4,10-18H2,1-3H3,(H,29,33). The average molecular weight is 485 g/mol. The highest BCUT2D eigenvalue weighted by Crippen LogP contribution is 2.36. The van der Waals surface area contributed by atoms with E-state index in [-0.39, 0.29) is 6.03 Å². The van der Waals surface area contributed by atoms with Crippen molar-refractivity contribution < 1.29 is 9.53 Å². The summed E-state index contributed by atoms with van der Waals surface area (Å²) in [6.07, 6.45) is 3.44. The number of nitrogens with one attached hydrogen (secondary N) is 1. The van der Waals surface area contributed by atoms with E-state index in [1.165, 1.54) is 18.5 Å². The number of nitrogens with zero attached hydrogens (tertiary/aromatic N) is 3. The van der Waals surface area contributed by atoms with Crippen molar-refractivity contribution in [1.82, 2.24) is 9.80 Å². The van der Waals surface area contributed by atoms with Gasteiger partial charge in [-0.15, -0.1) is 0 Å². The summed E-state index contributed by atoms with van der Waals surface area (Å²) in [5.41, 5.74) is 4.29. The molecule has 1 N–H and O–H groups in total. The molecule has 184 valence electrons. The molecule has 2 fully saturated rings. The van der Waals surface area contributed by atoms with Gasteiger partial charge in [0.1, 0.15) is 5.75 Å². The smallest absolute Gasteiger partial charge is 0.321 e. The third-order valence-electron chi connectivity index (χ3n) is 7.19. The zero-order valence-corrected chi connectivity index (χ0v) is 21.4. The molecule has 0 atom stereocenters. The first kappa shape index (κ1) is 24.7. The van der Waals surface area contributed by atoms with Crippen LogP contribution in [0.4, 0.5) is 16.2 Å². The lowest BCUT2D eigenvalue weighted by Crippen LogP contribution is -2.50. The lowest BCUT2D eigenvalue weighted by molar-refractivity contribution is 0.208. The highest BCUT2D eigenvalue weighted by molar-refractivity contribution is 6.31. The summed E-state index contributed by atoms with van der Waals surface area (Å²) in [5.74, 6) is 1.38. The van der Waals surface area contributed by atoms with E-state index in [2.05, 4.69) is 34.2 Å². The van der Waals surface area contributed by atoms with Crippen molar-refractivity contribution in [3.05, 3.63) is 52.5 Å². The summed E-state index contributed by atoms with van der Waals surface area (Å²) in [6, 6.07) is 12.0. The van der Waals surface area contributed by atoms with Crippen LogP contribution in [0.25, 0.3) is 0 Å². The van der Waals surface area contributed by atoms with Crippen LogP contribution in [0, 0.1) is 6.92 Å². The molecule has 0 bridgehead atoms. The molecule has 0 unspecified atom stereocenters. The Morgan fingerprint density at radius 2 is 1.82 bits per heavy atom. The monoisotopic (exact) mass is 484 g/mol. The minimum absolute atomic E-state index is 0.0450. The summed E-state index contributed by atoms with van der Waals surface area (Å²) in [6.45, 7) is 10.6. The molecule has 0 aliphatic carbocycles. The van der Waals surface area contributed by atoms with Gasteiger partial charge in [-0.1, -0.05) is 24.6 Å². The highest BCUT2D eigenvalue weighted by atomic mass is 35.5. The Kier molecular flexibility index (Phi) is 8.22. The molecule has 6 nitrogen and oxygen atoms in total. The topological polar surface area (TPSA) is 48.1 Å². The van der Waals surface area contributed by atoms with Gasteiger partial charge in [-0.05, 0) is 93.2 Å². The van der Waals surface area contributed by atoms with Crippen molar-refractivity contribution in [2.24, 2.45) is 0 Å². The minimum Gasteiger partial charge on any atom is -0.496 e. The van der Waals surface area contributed by atoms with Crippen LogP contribution in [0.2, 0.25) is 5.02 Å². The van der Waals surface area contributed by atoms with Crippen molar-refractivity contribution in [3.8, 4) is 5.75 Å². The SMILES string of the molecule is CCCN1CCC(c2cc(NC(=O)N3CCN(c4cccc(Cl)c4C)CC3)ccc2OC)CC1. The fourth-order valence-electron chi connectivity index (χ4n) is 5.21. The number of urea groups is 1. The fraction of sp³-hybridized carbons (Fsp3) is 0.519. The van der Waals surface area contributed by atoms with Crippen molar-refractivity contribution in [1.29, 1.82) is 0 Å². The van der Waals surface area contributed by atoms with Gasteiger partial charge in [-0.3, -0.25) is 0 Å². The van der Waals surface area contributed by atoms with Crippen molar-refractivity contribution in [2.75, 3.05) is 63.1 Å². The molecule has 0 radical (unpaired) electrons. The first-order valence-corrected chi connectivity index (χ1v) is 12.8. The number of piperazine rings is 1. The lowest BCUT2D eigenvalue weighted by atomic mass is 9.88. The molecule has 4 rings (SSSR count). The van der Waals surface area contributed by atoms with Gasteiger partial charge in [0.15, 0.2) is 0 Å². The zero-order valence-electron chi connectivity index (χ0n) is 20.6. The quantitative estimate of drug-likeness (QED) is 0.579. The molecule has 0 saturated carbocycles. The largest absolute Gasteiger partial charge is 0.496 e. The molecule has 7 heteroatoms. The van der Waals surface area contributed by atoms with Crippen LogP contribution in [0.5, 0.6) is 5.75 Å². The second kappa shape index (κ2) is 11.3. The van der Waals surface area contributed by atoms with E-state index in [4.69, 9.17) is 16.3 Å². The first-order valence-electron chi connectivity index (χ1n) is 12.5. The van der Waals surface area contributed by atoms with Crippen molar-refractivity contribution in [3.63, 3.8) is 0 Å². The minimum atomic E-state index is -0.0450. The van der Waals surface area contributed by atoms with E-state index in [1.54, 1.807) is 7.11 Å². The number of halogens is 1. The van der Waals surface area contributed by atoms with Crippen LogP contribution in [0.15, 0.2) is 36.4 Å². The Labute approximate surface area is 208 Å². The van der Waals surface area contributed by atoms with E-state index < -0.39 is 0 Å². The number of ether oxygens (including phenoxy) is 1. The van der Waals surface area contributed by atoms with Gasteiger partial charge in [0, 0.05) is 42.6 Å². The third kappa shape index (κ3) is 5.61. The van der Waals surface area contributed by atoms with Gasteiger partial charge < -0.3 is 24.8 Å². The predicted octanol–water partition coefficient (Wildman–Crippen LogP) is 5.60. The maximum absolute atomic E-state index is 13.0. The number of anilines is 2. The van der Waals surface area contributed by atoms with E-state index >= 15 is 0 Å². The number of benzene rings is 2. The van der Waals surface area contributed by atoms with E-state index in [0.717, 1.165) is 66.7 Å². The third-order valence-corrected chi connectivity index (χ3v) is 7.60. The Bertz CT molecular complexity index is 983. The van der Waals surface area contributed by atoms with Crippen LogP contribution in [0.3, 0.4) is 0 Å². The number of hydrogen-bond donors (Lipinski definition) is 1. The van der Waals surface area contributed by atoms with Crippen molar-refractivity contribution >= 4 is 29.0 Å². The Morgan fingerprint density at radius 3 is 2.50 bits per heavy atom. The van der Waals surface area contributed by atoms with Gasteiger partial charge in [-0.25, -0.2) is 4.79 Å². The van der Waals surface area contributed by atoms with E-state index in [9.17, 15) is 4.79 Å². The molecule has 0 aromatic heterocycles. The van der Waals surface area contributed by atoms with Gasteiger partial charge in [0.2, 0.25) is 0 Å². The number of carbonyl (C=O) groups excluding carboxylic acids is 1. The second-order valence-corrected chi connectivity index (χ2v) is 9.77. The van der Waals surface area contributed by atoms with Crippen LogP contribution in [-0.2, 0) is 0 Å². The average Bonchev–Trinajstić information content (AvgIpc) is 2.86. The number of methoxy groups -OCH3 is 1. The number of likely N-dealkylation sites (tertiary alicyclic amines) is 1. The summed E-state index contributed by atoms with van der Waals surface area (Å²) in [4.78, 5) is 19.8. The van der Waals surface area contributed by atoms with Gasteiger partial charge >= 0.3 is 6.03 Å². The maximum Gasteiger partial charge on any atom is 0.321 e. The normalized spacial score (nSPS) is 17.6. The van der Waals surface area contributed by atoms with Gasteiger partial charge in [0.25, 0.3) is 0 Å². The van der Waals surface area contributed by atoms with E-state index in [0.29, 0.717) is 19.0 Å².